The number of allylic oxidation sites excluding steroid dienone is 1. The maximum Gasteiger partial charge on any atom is 0.0716 e. The number of benzene rings is 1. The average molecular weight is 264 g/mol. The van der Waals surface area contributed by atoms with Crippen molar-refractivity contribution in [1.29, 1.82) is 0 Å². The summed E-state index contributed by atoms with van der Waals surface area (Å²) in [6.07, 6.45) is 2.77. The molecule has 0 unspecified atom stereocenters. The molecule has 0 amide bonds. The smallest absolute Gasteiger partial charge is 0.0716 e. The molecule has 0 bridgehead atoms. The van der Waals surface area contributed by atoms with Crippen LogP contribution in [-0.2, 0) is 6.42 Å². The van der Waals surface area contributed by atoms with Crippen LogP contribution in [0, 0.1) is 6.92 Å². The maximum atomic E-state index is 5.93. The van der Waals surface area contributed by atoms with E-state index in [1.165, 1.54) is 15.8 Å². The van der Waals surface area contributed by atoms with E-state index in [0.717, 1.165) is 11.2 Å². The van der Waals surface area contributed by atoms with Gasteiger partial charge >= 0.3 is 0 Å². The summed E-state index contributed by atoms with van der Waals surface area (Å²) < 4.78 is 0. The van der Waals surface area contributed by atoms with Crippen LogP contribution in [0.4, 0.5) is 0 Å². The number of pyridine rings is 1. The minimum Gasteiger partial charge on any atom is -0.253 e. The van der Waals surface area contributed by atoms with E-state index in [-0.39, 0.29) is 0 Å². The van der Waals surface area contributed by atoms with E-state index in [2.05, 4.69) is 23.9 Å². The van der Waals surface area contributed by atoms with Gasteiger partial charge in [-0.1, -0.05) is 36.4 Å². The van der Waals surface area contributed by atoms with Crippen LogP contribution in [0.5, 0.6) is 0 Å². The lowest BCUT2D eigenvalue weighted by Gasteiger charge is -2.13. The zero-order valence-corrected chi connectivity index (χ0v) is 11.5. The molecule has 1 nitrogen and oxygen atoms in total. The Bertz CT molecular complexity index is 578. The van der Waals surface area contributed by atoms with Crippen LogP contribution in [0.3, 0.4) is 0 Å². The second-order valence-electron chi connectivity index (χ2n) is 3.92. The van der Waals surface area contributed by atoms with E-state index >= 15 is 0 Å². The van der Waals surface area contributed by atoms with Crippen molar-refractivity contribution in [3.63, 3.8) is 0 Å². The van der Waals surface area contributed by atoms with Crippen LogP contribution in [-0.4, -0.2) is 11.2 Å². The lowest BCUT2D eigenvalue weighted by Crippen LogP contribution is -1.98. The summed E-state index contributed by atoms with van der Waals surface area (Å²) in [4.78, 5) is 5.88. The van der Waals surface area contributed by atoms with Crippen LogP contribution in [0.15, 0.2) is 40.8 Å². The summed E-state index contributed by atoms with van der Waals surface area (Å²) in [5.74, 6) is 0. The van der Waals surface area contributed by atoms with Gasteiger partial charge in [-0.2, -0.15) is 0 Å². The standard InChI is InChI=1S/C14H14ClNS/c1-9(15)8-12-10(2)16-13-7-5-4-6-11(13)14(12)17-3/h4-7H,1,8H2,2-3H3. The summed E-state index contributed by atoms with van der Waals surface area (Å²) in [6.45, 7) is 5.80. The highest BCUT2D eigenvalue weighted by atomic mass is 35.5. The monoisotopic (exact) mass is 263 g/mol. The summed E-state index contributed by atoms with van der Waals surface area (Å²) in [6, 6.07) is 8.20. The van der Waals surface area contributed by atoms with E-state index < -0.39 is 0 Å². The number of aromatic nitrogens is 1. The first-order valence-electron chi connectivity index (χ1n) is 5.39. The van der Waals surface area contributed by atoms with E-state index in [9.17, 15) is 0 Å². The molecule has 0 saturated heterocycles. The van der Waals surface area contributed by atoms with E-state index in [4.69, 9.17) is 11.6 Å². The Morgan fingerprint density at radius 3 is 2.76 bits per heavy atom. The van der Waals surface area contributed by atoms with Crippen LogP contribution in [0.2, 0.25) is 0 Å². The number of thioether (sulfide) groups is 1. The van der Waals surface area contributed by atoms with Crippen molar-refractivity contribution < 1.29 is 0 Å². The molecule has 88 valence electrons. The molecule has 0 aliphatic carbocycles. The highest BCUT2D eigenvalue weighted by Gasteiger charge is 2.12. The van der Waals surface area contributed by atoms with Crippen molar-refractivity contribution in [2.75, 3.05) is 6.26 Å². The third kappa shape index (κ3) is 2.48. The molecule has 0 N–H and O–H groups in total. The third-order valence-electron chi connectivity index (χ3n) is 2.72. The number of hydrogen-bond acceptors (Lipinski definition) is 2. The number of rotatable bonds is 3. The second-order valence-corrected chi connectivity index (χ2v) is 5.27. The lowest BCUT2D eigenvalue weighted by atomic mass is 10.1. The zero-order valence-electron chi connectivity index (χ0n) is 9.96. The van der Waals surface area contributed by atoms with E-state index in [1.54, 1.807) is 11.8 Å². The van der Waals surface area contributed by atoms with Gasteiger partial charge in [0.25, 0.3) is 0 Å². The molecule has 0 spiro atoms. The summed E-state index contributed by atoms with van der Waals surface area (Å²) >= 11 is 7.67. The second kappa shape index (κ2) is 5.11. The Hall–Kier alpha value is -0.990. The number of fused-ring (bicyclic) bond motifs is 1. The van der Waals surface area contributed by atoms with Crippen LogP contribution >= 0.6 is 23.4 Å². The first kappa shape index (κ1) is 12.5. The summed E-state index contributed by atoms with van der Waals surface area (Å²) in [7, 11) is 0. The fraction of sp³-hybridized carbons (Fsp3) is 0.214. The van der Waals surface area contributed by atoms with Gasteiger partial charge in [-0.05, 0) is 24.8 Å². The van der Waals surface area contributed by atoms with Crippen LogP contribution in [0.25, 0.3) is 10.9 Å². The number of aryl methyl sites for hydroxylation is 1. The molecular weight excluding hydrogens is 250 g/mol. The van der Waals surface area contributed by atoms with Crippen molar-refractivity contribution in [2.24, 2.45) is 0 Å². The largest absolute Gasteiger partial charge is 0.253 e. The summed E-state index contributed by atoms with van der Waals surface area (Å²) in [5.41, 5.74) is 3.27. The average Bonchev–Trinajstić information content (AvgIpc) is 2.29. The van der Waals surface area contributed by atoms with Gasteiger partial charge in [0.15, 0.2) is 0 Å². The van der Waals surface area contributed by atoms with Crippen LogP contribution in [0.1, 0.15) is 11.3 Å². The Morgan fingerprint density at radius 1 is 1.41 bits per heavy atom. The predicted molar refractivity (Wildman–Crippen MR) is 77.0 cm³/mol. The zero-order chi connectivity index (χ0) is 12.4. The van der Waals surface area contributed by atoms with Gasteiger partial charge in [-0.15, -0.1) is 11.8 Å². The molecule has 0 saturated carbocycles. The quantitative estimate of drug-likeness (QED) is 0.753. The molecule has 0 radical (unpaired) electrons. The SMILES string of the molecule is C=C(Cl)Cc1c(C)nc2ccccc2c1SC. The number of halogens is 1. The van der Waals surface area contributed by atoms with Crippen molar-refractivity contribution in [2.45, 2.75) is 18.2 Å². The fourth-order valence-corrected chi connectivity index (χ4v) is 2.96. The minimum absolute atomic E-state index is 0.653. The molecule has 0 aliphatic rings. The first-order valence-corrected chi connectivity index (χ1v) is 6.99. The van der Waals surface area contributed by atoms with Crippen molar-refractivity contribution in [1.82, 2.24) is 4.98 Å². The molecule has 2 aromatic rings. The number of hydrogen-bond donors (Lipinski definition) is 0. The molecule has 1 aromatic heterocycles. The van der Waals surface area contributed by atoms with Gasteiger partial charge in [-0.3, -0.25) is 4.98 Å². The Balaban J connectivity index is 2.73. The highest BCUT2D eigenvalue weighted by Crippen LogP contribution is 2.32. The fourth-order valence-electron chi connectivity index (χ4n) is 1.97. The number of para-hydroxylation sites is 1. The molecular formula is C14H14ClNS. The van der Waals surface area contributed by atoms with Gasteiger partial charge in [0.05, 0.1) is 5.52 Å². The van der Waals surface area contributed by atoms with Gasteiger partial charge in [-0.25, -0.2) is 0 Å². The molecule has 1 aromatic carbocycles. The first-order chi connectivity index (χ1) is 8.13. The Morgan fingerprint density at radius 2 is 2.12 bits per heavy atom. The maximum absolute atomic E-state index is 5.93. The molecule has 3 heteroatoms. The van der Waals surface area contributed by atoms with Crippen molar-refractivity contribution in [3.8, 4) is 0 Å². The predicted octanol–water partition coefficient (Wildman–Crippen LogP) is 4.56. The number of nitrogens with zero attached hydrogens (tertiary/aromatic N) is 1. The Labute approximate surface area is 111 Å². The van der Waals surface area contributed by atoms with Gasteiger partial charge in [0.2, 0.25) is 0 Å². The van der Waals surface area contributed by atoms with Gasteiger partial charge < -0.3 is 0 Å². The molecule has 0 fully saturated rings. The topological polar surface area (TPSA) is 12.9 Å². The van der Waals surface area contributed by atoms with E-state index in [1.807, 2.05) is 25.1 Å². The third-order valence-corrected chi connectivity index (χ3v) is 3.73. The minimum atomic E-state index is 0.653. The summed E-state index contributed by atoms with van der Waals surface area (Å²) in [5, 5.41) is 1.85. The lowest BCUT2D eigenvalue weighted by molar-refractivity contribution is 1.08. The van der Waals surface area contributed by atoms with Gasteiger partial charge in [0, 0.05) is 27.4 Å². The van der Waals surface area contributed by atoms with E-state index in [0.29, 0.717) is 11.5 Å². The van der Waals surface area contributed by atoms with Crippen molar-refractivity contribution in [3.05, 3.63) is 47.1 Å². The molecule has 2 rings (SSSR count). The molecule has 17 heavy (non-hydrogen) atoms. The molecule has 0 aliphatic heterocycles. The normalized spacial score (nSPS) is 10.8. The molecule has 0 atom stereocenters. The van der Waals surface area contributed by atoms with Gasteiger partial charge in [0.1, 0.15) is 0 Å². The van der Waals surface area contributed by atoms with Crippen molar-refractivity contribution >= 4 is 34.3 Å². The Kier molecular flexibility index (Phi) is 3.75. The van der Waals surface area contributed by atoms with Crippen LogP contribution < -0.4 is 0 Å². The molecule has 1 heterocycles. The highest BCUT2D eigenvalue weighted by molar-refractivity contribution is 7.98.